The van der Waals surface area contributed by atoms with Gasteiger partial charge in [0.1, 0.15) is 11.5 Å². The number of benzene rings is 1. The Hall–Kier alpha value is -1.26. The first-order valence-electron chi connectivity index (χ1n) is 5.70. The van der Waals surface area contributed by atoms with Gasteiger partial charge in [0.05, 0.1) is 20.3 Å². The van der Waals surface area contributed by atoms with Crippen LogP contribution in [0.4, 0.5) is 0 Å². The van der Waals surface area contributed by atoms with Gasteiger partial charge in [-0.2, -0.15) is 0 Å². The fraction of sp³-hybridized carbons (Fsp3) is 0.538. The number of nitrogens with one attached hydrogen (secondary N) is 1. The fourth-order valence-electron chi connectivity index (χ4n) is 1.44. The van der Waals surface area contributed by atoms with Crippen molar-refractivity contribution in [2.45, 2.75) is 32.5 Å². The molecule has 2 atom stereocenters. The molecule has 4 nitrogen and oxygen atoms in total. The van der Waals surface area contributed by atoms with E-state index in [1.165, 1.54) is 0 Å². The highest BCUT2D eigenvalue weighted by Gasteiger charge is 2.10. The maximum atomic E-state index is 9.39. The summed E-state index contributed by atoms with van der Waals surface area (Å²) in [5.74, 6) is 1.56. The van der Waals surface area contributed by atoms with Crippen LogP contribution in [-0.4, -0.2) is 31.5 Å². The Labute approximate surface area is 103 Å². The van der Waals surface area contributed by atoms with Crippen LogP contribution >= 0.6 is 0 Å². The molecule has 0 aliphatic carbocycles. The lowest BCUT2D eigenvalue weighted by Gasteiger charge is -2.18. The zero-order valence-corrected chi connectivity index (χ0v) is 10.9. The van der Waals surface area contributed by atoms with E-state index in [1.807, 2.05) is 25.1 Å². The summed E-state index contributed by atoms with van der Waals surface area (Å²) in [6, 6.07) is 5.75. The molecule has 1 aromatic rings. The summed E-state index contributed by atoms with van der Waals surface area (Å²) in [7, 11) is 3.26. The molecule has 0 bridgehead atoms. The molecule has 17 heavy (non-hydrogen) atoms. The van der Waals surface area contributed by atoms with Crippen LogP contribution in [0.15, 0.2) is 18.2 Å². The van der Waals surface area contributed by atoms with Crippen LogP contribution in [0.1, 0.15) is 19.4 Å². The van der Waals surface area contributed by atoms with Gasteiger partial charge in [0.15, 0.2) is 0 Å². The SMILES string of the molecule is COc1ccc(CNC(C)C(C)O)c(OC)c1. The number of aliphatic hydroxyl groups excluding tert-OH is 1. The van der Waals surface area contributed by atoms with E-state index in [9.17, 15) is 5.11 Å². The molecule has 0 heterocycles. The molecule has 2 unspecified atom stereocenters. The van der Waals surface area contributed by atoms with Gasteiger partial charge in [-0.15, -0.1) is 0 Å². The lowest BCUT2D eigenvalue weighted by molar-refractivity contribution is 0.152. The maximum absolute atomic E-state index is 9.39. The van der Waals surface area contributed by atoms with E-state index < -0.39 is 0 Å². The molecule has 0 amide bonds. The van der Waals surface area contributed by atoms with Crippen molar-refractivity contribution in [3.63, 3.8) is 0 Å². The second kappa shape index (κ2) is 6.47. The highest BCUT2D eigenvalue weighted by atomic mass is 16.5. The molecular formula is C13H21NO3. The number of hydrogen-bond donors (Lipinski definition) is 2. The number of ether oxygens (including phenoxy) is 2. The first kappa shape index (κ1) is 13.8. The molecular weight excluding hydrogens is 218 g/mol. The van der Waals surface area contributed by atoms with Crippen molar-refractivity contribution in [3.8, 4) is 11.5 Å². The zero-order valence-electron chi connectivity index (χ0n) is 10.9. The van der Waals surface area contributed by atoms with E-state index in [0.29, 0.717) is 6.54 Å². The van der Waals surface area contributed by atoms with Gasteiger partial charge in [-0.25, -0.2) is 0 Å². The average molecular weight is 239 g/mol. The van der Waals surface area contributed by atoms with Gasteiger partial charge >= 0.3 is 0 Å². The molecule has 0 aliphatic rings. The quantitative estimate of drug-likeness (QED) is 0.791. The monoisotopic (exact) mass is 239 g/mol. The molecule has 0 saturated carbocycles. The third kappa shape index (κ3) is 3.91. The van der Waals surface area contributed by atoms with Crippen molar-refractivity contribution in [2.24, 2.45) is 0 Å². The van der Waals surface area contributed by atoms with Crippen molar-refractivity contribution in [2.75, 3.05) is 14.2 Å². The van der Waals surface area contributed by atoms with Gasteiger partial charge in [-0.1, -0.05) is 6.07 Å². The summed E-state index contributed by atoms with van der Waals surface area (Å²) >= 11 is 0. The van der Waals surface area contributed by atoms with Crippen molar-refractivity contribution >= 4 is 0 Å². The zero-order chi connectivity index (χ0) is 12.8. The Kier molecular flexibility index (Phi) is 5.25. The number of hydrogen-bond acceptors (Lipinski definition) is 4. The normalized spacial score (nSPS) is 14.2. The second-order valence-electron chi connectivity index (χ2n) is 4.09. The molecule has 2 N–H and O–H groups in total. The Balaban J connectivity index is 2.70. The van der Waals surface area contributed by atoms with Crippen molar-refractivity contribution in [3.05, 3.63) is 23.8 Å². The van der Waals surface area contributed by atoms with Crippen molar-refractivity contribution in [1.29, 1.82) is 0 Å². The van der Waals surface area contributed by atoms with Crippen LogP contribution in [0.5, 0.6) is 11.5 Å². The summed E-state index contributed by atoms with van der Waals surface area (Å²) in [6.45, 7) is 4.36. The van der Waals surface area contributed by atoms with Gasteiger partial charge in [0, 0.05) is 24.2 Å². The smallest absolute Gasteiger partial charge is 0.127 e. The molecule has 0 spiro atoms. The number of rotatable bonds is 6. The first-order chi connectivity index (χ1) is 8.08. The minimum Gasteiger partial charge on any atom is -0.497 e. The number of methoxy groups -OCH3 is 2. The van der Waals surface area contributed by atoms with Crippen LogP contribution in [0.2, 0.25) is 0 Å². The molecule has 1 aromatic carbocycles. The highest BCUT2D eigenvalue weighted by molar-refractivity contribution is 5.40. The van der Waals surface area contributed by atoms with Gasteiger partial charge in [-0.05, 0) is 19.9 Å². The predicted octanol–water partition coefficient (Wildman–Crippen LogP) is 1.56. The molecule has 0 saturated heterocycles. The van der Waals surface area contributed by atoms with Crippen LogP contribution in [0.3, 0.4) is 0 Å². The van der Waals surface area contributed by atoms with Crippen LogP contribution < -0.4 is 14.8 Å². The largest absolute Gasteiger partial charge is 0.497 e. The third-order valence-electron chi connectivity index (χ3n) is 2.83. The molecule has 0 aliphatic heterocycles. The Bertz CT molecular complexity index is 353. The highest BCUT2D eigenvalue weighted by Crippen LogP contribution is 2.24. The lowest BCUT2D eigenvalue weighted by atomic mass is 10.1. The Morgan fingerprint density at radius 2 is 1.94 bits per heavy atom. The van der Waals surface area contributed by atoms with Crippen LogP contribution in [-0.2, 0) is 6.54 Å². The molecule has 96 valence electrons. The third-order valence-corrected chi connectivity index (χ3v) is 2.83. The van der Waals surface area contributed by atoms with Gasteiger partial charge in [-0.3, -0.25) is 0 Å². The van der Waals surface area contributed by atoms with E-state index in [2.05, 4.69) is 5.32 Å². The van der Waals surface area contributed by atoms with E-state index in [-0.39, 0.29) is 12.1 Å². The summed E-state index contributed by atoms with van der Waals surface area (Å²) in [4.78, 5) is 0. The molecule has 0 fully saturated rings. The van der Waals surface area contributed by atoms with E-state index in [0.717, 1.165) is 17.1 Å². The minimum atomic E-state index is -0.376. The fourth-order valence-corrected chi connectivity index (χ4v) is 1.44. The van der Waals surface area contributed by atoms with Gasteiger partial charge in [0.25, 0.3) is 0 Å². The second-order valence-corrected chi connectivity index (χ2v) is 4.09. The molecule has 4 heteroatoms. The lowest BCUT2D eigenvalue weighted by Crippen LogP contribution is -2.34. The Morgan fingerprint density at radius 3 is 2.47 bits per heavy atom. The standard InChI is InChI=1S/C13H21NO3/c1-9(10(2)15)14-8-11-5-6-12(16-3)7-13(11)17-4/h5-7,9-10,14-15H,8H2,1-4H3. The average Bonchev–Trinajstić information content (AvgIpc) is 2.35. The van der Waals surface area contributed by atoms with Crippen LogP contribution in [0.25, 0.3) is 0 Å². The molecule has 1 rings (SSSR count). The van der Waals surface area contributed by atoms with Gasteiger partial charge < -0.3 is 19.9 Å². The van der Waals surface area contributed by atoms with Crippen LogP contribution in [0, 0.1) is 0 Å². The van der Waals surface area contributed by atoms with E-state index in [4.69, 9.17) is 9.47 Å². The predicted molar refractivity (Wildman–Crippen MR) is 67.5 cm³/mol. The maximum Gasteiger partial charge on any atom is 0.127 e. The Morgan fingerprint density at radius 1 is 1.24 bits per heavy atom. The van der Waals surface area contributed by atoms with E-state index >= 15 is 0 Å². The van der Waals surface area contributed by atoms with Gasteiger partial charge in [0.2, 0.25) is 0 Å². The summed E-state index contributed by atoms with van der Waals surface area (Å²) in [5, 5.41) is 12.6. The minimum absolute atomic E-state index is 0.0433. The summed E-state index contributed by atoms with van der Waals surface area (Å²) < 4.78 is 10.4. The van der Waals surface area contributed by atoms with E-state index in [1.54, 1.807) is 21.1 Å². The topological polar surface area (TPSA) is 50.7 Å². The van der Waals surface area contributed by atoms with Crippen molar-refractivity contribution < 1.29 is 14.6 Å². The molecule has 0 aromatic heterocycles. The first-order valence-corrected chi connectivity index (χ1v) is 5.70. The molecule has 0 radical (unpaired) electrons. The van der Waals surface area contributed by atoms with Crippen molar-refractivity contribution in [1.82, 2.24) is 5.32 Å². The summed E-state index contributed by atoms with van der Waals surface area (Å²) in [6.07, 6.45) is -0.376. The number of aliphatic hydroxyl groups is 1. The summed E-state index contributed by atoms with van der Waals surface area (Å²) in [5.41, 5.74) is 1.04.